The van der Waals surface area contributed by atoms with Crippen LogP contribution in [0.4, 0.5) is 11.4 Å². The van der Waals surface area contributed by atoms with Crippen molar-refractivity contribution < 1.29 is 14.1 Å². The third-order valence-electron chi connectivity index (χ3n) is 5.58. The molecule has 2 amide bonds. The van der Waals surface area contributed by atoms with Crippen LogP contribution in [0.3, 0.4) is 0 Å². The van der Waals surface area contributed by atoms with Crippen LogP contribution < -0.4 is 16.4 Å². The number of nitrogens with one attached hydrogen (secondary N) is 4. The molecule has 0 saturated carbocycles. The number of carbonyl (C=O) groups excluding carboxylic acids is 2. The summed E-state index contributed by atoms with van der Waals surface area (Å²) in [4.78, 5) is 42.6. The third-order valence-corrected chi connectivity index (χ3v) is 5.82. The fraction of sp³-hybridized carbons (Fsp3) is 0.0769. The number of hydrogen-bond donors (Lipinski definition) is 4. The number of anilines is 2. The zero-order chi connectivity index (χ0) is 25.1. The molecule has 180 valence electrons. The number of amides is 2. The molecule has 9 nitrogen and oxygen atoms in total. The molecular formula is C26H20ClN5O4. The molecule has 3 aromatic carbocycles. The number of H-pyrrole nitrogens is 2. The number of carbonyl (C=O) groups is 2. The van der Waals surface area contributed by atoms with Gasteiger partial charge in [-0.3, -0.25) is 19.1 Å². The van der Waals surface area contributed by atoms with Crippen molar-refractivity contribution in [3.8, 4) is 11.4 Å². The van der Waals surface area contributed by atoms with Gasteiger partial charge in [-0.2, -0.15) is 0 Å². The van der Waals surface area contributed by atoms with Gasteiger partial charge in [0.1, 0.15) is 5.69 Å². The predicted molar refractivity (Wildman–Crippen MR) is 137 cm³/mol. The van der Waals surface area contributed by atoms with Crippen molar-refractivity contribution in [3.63, 3.8) is 0 Å². The average Bonchev–Trinajstić information content (AvgIpc) is 3.51. The summed E-state index contributed by atoms with van der Waals surface area (Å²) >= 11 is 6.09. The Morgan fingerprint density at radius 1 is 0.917 bits per heavy atom. The summed E-state index contributed by atoms with van der Waals surface area (Å²) in [5.74, 6) is -1.15. The number of fused-ring (bicyclic) bond motifs is 1. The molecule has 0 bridgehead atoms. The third kappa shape index (κ3) is 5.06. The van der Waals surface area contributed by atoms with Gasteiger partial charge in [-0.15, -0.1) is 0 Å². The molecule has 2 aromatic heterocycles. The predicted octanol–water partition coefficient (Wildman–Crippen LogP) is 4.99. The van der Waals surface area contributed by atoms with E-state index in [1.807, 2.05) is 42.5 Å². The van der Waals surface area contributed by atoms with E-state index in [9.17, 15) is 14.4 Å². The lowest BCUT2D eigenvalue weighted by Gasteiger charge is -2.09. The van der Waals surface area contributed by atoms with Gasteiger partial charge in [0.2, 0.25) is 5.91 Å². The number of aromatic nitrogens is 3. The molecule has 10 heteroatoms. The maximum absolute atomic E-state index is 13.1. The van der Waals surface area contributed by atoms with Crippen LogP contribution in [0, 0.1) is 0 Å². The molecule has 0 aliphatic heterocycles. The Balaban J connectivity index is 1.35. The first kappa shape index (κ1) is 23.1. The van der Waals surface area contributed by atoms with E-state index < -0.39 is 11.7 Å². The van der Waals surface area contributed by atoms with Crippen molar-refractivity contribution in [2.45, 2.75) is 12.8 Å². The van der Waals surface area contributed by atoms with Gasteiger partial charge in [0.25, 0.3) is 5.91 Å². The first-order chi connectivity index (χ1) is 17.5. The SMILES string of the molecule is O=C(CCc1ccccc1)Nc1cccc2cc(C(=O)Nc3ccc(Cl)cc3-c3noc(=O)[nH]3)[nH]c12. The minimum absolute atomic E-state index is 0.126. The average molecular weight is 502 g/mol. The Morgan fingerprint density at radius 2 is 1.75 bits per heavy atom. The Bertz CT molecular complexity index is 1620. The first-order valence-corrected chi connectivity index (χ1v) is 11.5. The van der Waals surface area contributed by atoms with Gasteiger partial charge in [0, 0.05) is 22.4 Å². The van der Waals surface area contributed by atoms with E-state index in [2.05, 4.69) is 30.3 Å². The highest BCUT2D eigenvalue weighted by Crippen LogP contribution is 2.29. The van der Waals surface area contributed by atoms with Crippen LogP contribution in [-0.2, 0) is 11.2 Å². The number of nitrogens with zero attached hydrogens (tertiary/aromatic N) is 1. The van der Waals surface area contributed by atoms with Gasteiger partial charge in [-0.1, -0.05) is 59.2 Å². The lowest BCUT2D eigenvalue weighted by Crippen LogP contribution is -2.14. The van der Waals surface area contributed by atoms with Crippen LogP contribution in [0.25, 0.3) is 22.3 Å². The molecule has 5 rings (SSSR count). The number of aromatic amines is 2. The minimum atomic E-state index is -0.726. The summed E-state index contributed by atoms with van der Waals surface area (Å²) < 4.78 is 4.57. The van der Waals surface area contributed by atoms with Crippen molar-refractivity contribution in [1.82, 2.24) is 15.1 Å². The van der Waals surface area contributed by atoms with Crippen molar-refractivity contribution in [2.75, 3.05) is 10.6 Å². The number of para-hydroxylation sites is 1. The van der Waals surface area contributed by atoms with E-state index in [-0.39, 0.29) is 17.4 Å². The fourth-order valence-corrected chi connectivity index (χ4v) is 4.03. The number of aryl methyl sites for hydroxylation is 1. The van der Waals surface area contributed by atoms with Gasteiger partial charge in [0.15, 0.2) is 5.82 Å². The molecular weight excluding hydrogens is 482 g/mol. The second-order valence-electron chi connectivity index (χ2n) is 8.07. The second kappa shape index (κ2) is 9.93. The highest BCUT2D eigenvalue weighted by Gasteiger charge is 2.17. The molecule has 0 unspecified atom stereocenters. The van der Waals surface area contributed by atoms with Crippen LogP contribution >= 0.6 is 11.6 Å². The van der Waals surface area contributed by atoms with E-state index in [1.165, 1.54) is 0 Å². The van der Waals surface area contributed by atoms with E-state index in [0.717, 1.165) is 10.9 Å². The Kier molecular flexibility index (Phi) is 6.38. The van der Waals surface area contributed by atoms with Crippen LogP contribution in [0.15, 0.2) is 82.1 Å². The Hall–Kier alpha value is -4.63. The highest BCUT2D eigenvalue weighted by molar-refractivity contribution is 6.31. The molecule has 0 atom stereocenters. The van der Waals surface area contributed by atoms with Crippen LogP contribution in [0.5, 0.6) is 0 Å². The van der Waals surface area contributed by atoms with E-state index in [4.69, 9.17) is 11.6 Å². The van der Waals surface area contributed by atoms with Crippen LogP contribution in [0.2, 0.25) is 5.02 Å². The van der Waals surface area contributed by atoms with Gasteiger partial charge in [0.05, 0.1) is 16.9 Å². The molecule has 0 saturated heterocycles. The minimum Gasteiger partial charge on any atom is -0.349 e. The largest absolute Gasteiger partial charge is 0.439 e. The molecule has 0 aliphatic rings. The van der Waals surface area contributed by atoms with Crippen molar-refractivity contribution in [2.24, 2.45) is 0 Å². The van der Waals surface area contributed by atoms with Crippen LogP contribution in [-0.4, -0.2) is 26.9 Å². The van der Waals surface area contributed by atoms with E-state index in [0.29, 0.717) is 40.3 Å². The fourth-order valence-electron chi connectivity index (χ4n) is 3.85. The number of hydrogen-bond acceptors (Lipinski definition) is 5. The quantitative estimate of drug-likeness (QED) is 0.249. The maximum Gasteiger partial charge on any atom is 0.439 e. The standard InChI is InChI=1S/C26H20ClN5O4/c27-17-10-11-19(18(14-17)24-31-26(35)36-32-24)30-25(34)21-13-16-7-4-8-20(23(16)29-21)28-22(33)12-9-15-5-2-1-3-6-15/h1-8,10-11,13-14,29H,9,12H2,(H,28,33)(H,30,34)(H,31,32,35). The van der Waals surface area contributed by atoms with Crippen molar-refractivity contribution in [1.29, 1.82) is 0 Å². The molecule has 2 heterocycles. The lowest BCUT2D eigenvalue weighted by molar-refractivity contribution is -0.116. The molecule has 0 radical (unpaired) electrons. The van der Waals surface area contributed by atoms with Crippen LogP contribution in [0.1, 0.15) is 22.5 Å². The zero-order valence-corrected chi connectivity index (χ0v) is 19.6. The summed E-state index contributed by atoms with van der Waals surface area (Å²) in [7, 11) is 0. The molecule has 0 fully saturated rings. The maximum atomic E-state index is 13.1. The molecule has 0 spiro atoms. The smallest absolute Gasteiger partial charge is 0.349 e. The number of benzene rings is 3. The molecule has 5 aromatic rings. The normalized spacial score (nSPS) is 10.9. The first-order valence-electron chi connectivity index (χ1n) is 11.1. The van der Waals surface area contributed by atoms with E-state index >= 15 is 0 Å². The zero-order valence-electron chi connectivity index (χ0n) is 18.8. The van der Waals surface area contributed by atoms with Gasteiger partial charge >= 0.3 is 5.76 Å². The monoisotopic (exact) mass is 501 g/mol. The summed E-state index contributed by atoms with van der Waals surface area (Å²) in [6, 6.07) is 21.7. The van der Waals surface area contributed by atoms with E-state index in [1.54, 1.807) is 30.3 Å². The van der Waals surface area contributed by atoms with Gasteiger partial charge in [-0.25, -0.2) is 4.79 Å². The Labute approximate surface area is 209 Å². The lowest BCUT2D eigenvalue weighted by atomic mass is 10.1. The number of rotatable bonds is 7. The summed E-state index contributed by atoms with van der Waals surface area (Å²) in [6.45, 7) is 0. The highest BCUT2D eigenvalue weighted by atomic mass is 35.5. The van der Waals surface area contributed by atoms with Gasteiger partial charge in [-0.05, 0) is 42.3 Å². The molecule has 36 heavy (non-hydrogen) atoms. The second-order valence-corrected chi connectivity index (χ2v) is 8.51. The molecule has 4 N–H and O–H groups in total. The summed E-state index contributed by atoms with van der Waals surface area (Å²) in [5.41, 5.74) is 3.35. The van der Waals surface area contributed by atoms with Gasteiger partial charge < -0.3 is 15.6 Å². The van der Waals surface area contributed by atoms with Crippen molar-refractivity contribution >= 4 is 45.7 Å². The summed E-state index contributed by atoms with van der Waals surface area (Å²) in [6.07, 6.45) is 0.958. The van der Waals surface area contributed by atoms with Crippen molar-refractivity contribution in [3.05, 3.63) is 99.6 Å². The Morgan fingerprint density at radius 3 is 2.53 bits per heavy atom. The molecule has 0 aliphatic carbocycles. The summed E-state index contributed by atoms with van der Waals surface area (Å²) in [5, 5.41) is 10.6. The number of halogens is 1. The topological polar surface area (TPSA) is 133 Å².